The summed E-state index contributed by atoms with van der Waals surface area (Å²) < 4.78 is 0. The van der Waals surface area contributed by atoms with Gasteiger partial charge in [-0.1, -0.05) is 19.8 Å². The Morgan fingerprint density at radius 1 is 1.07 bits per heavy atom. The van der Waals surface area contributed by atoms with E-state index in [1.165, 1.54) is 12.8 Å². The van der Waals surface area contributed by atoms with E-state index in [1.807, 2.05) is 0 Å². The topological polar surface area (TPSA) is 23.6 Å². The number of hydrogen-bond acceptors (Lipinski definition) is 2. The molecule has 3 nitrogen and oxygen atoms in total. The van der Waals surface area contributed by atoms with E-state index in [1.54, 1.807) is 0 Å². The summed E-state index contributed by atoms with van der Waals surface area (Å²) in [7, 11) is 2.12. The Morgan fingerprint density at radius 3 is 2.13 bits per heavy atom. The molecule has 0 N–H and O–H groups in total. The van der Waals surface area contributed by atoms with Crippen molar-refractivity contribution in [1.82, 2.24) is 9.80 Å². The van der Waals surface area contributed by atoms with Crippen molar-refractivity contribution in [2.45, 2.75) is 32.6 Å². The molecule has 2 rings (SSSR count). The number of likely N-dealkylation sites (N-methyl/N-ethyl adjacent to an activating group) is 1. The molecule has 1 amide bonds. The summed E-state index contributed by atoms with van der Waals surface area (Å²) in [6, 6.07) is 0. The number of nitrogens with zero attached hydrogens (tertiary/aromatic N) is 2. The molecule has 0 unspecified atom stereocenters. The van der Waals surface area contributed by atoms with Crippen molar-refractivity contribution in [1.29, 1.82) is 0 Å². The van der Waals surface area contributed by atoms with Crippen LogP contribution < -0.4 is 0 Å². The second-order valence-corrected chi connectivity index (χ2v) is 5.36. The number of rotatable bonds is 1. The van der Waals surface area contributed by atoms with Gasteiger partial charge in [0.2, 0.25) is 5.91 Å². The van der Waals surface area contributed by atoms with Gasteiger partial charge in [0.1, 0.15) is 0 Å². The molecule has 1 saturated carbocycles. The summed E-state index contributed by atoms with van der Waals surface area (Å²) in [5.74, 6) is 0.410. The summed E-state index contributed by atoms with van der Waals surface area (Å²) in [4.78, 5) is 16.7. The Bertz CT molecular complexity index is 238. The van der Waals surface area contributed by atoms with Crippen LogP contribution in [0.25, 0.3) is 0 Å². The van der Waals surface area contributed by atoms with Crippen LogP contribution >= 0.6 is 0 Å². The molecule has 1 saturated heterocycles. The fourth-order valence-electron chi connectivity index (χ4n) is 2.76. The van der Waals surface area contributed by atoms with Gasteiger partial charge in [0.15, 0.2) is 0 Å². The molecule has 15 heavy (non-hydrogen) atoms. The van der Waals surface area contributed by atoms with Gasteiger partial charge in [-0.05, 0) is 19.9 Å². The SMILES string of the molecule is CN1CCN(C(=O)C2(C)CCCC2)CC1. The van der Waals surface area contributed by atoms with Crippen molar-refractivity contribution in [3.05, 3.63) is 0 Å². The molecular formula is C12H22N2O. The Balaban J connectivity index is 1.95. The fraction of sp³-hybridized carbons (Fsp3) is 0.917. The highest BCUT2D eigenvalue weighted by Gasteiger charge is 2.39. The van der Waals surface area contributed by atoms with E-state index in [4.69, 9.17) is 0 Å². The molecule has 0 aromatic heterocycles. The minimum Gasteiger partial charge on any atom is -0.340 e. The van der Waals surface area contributed by atoms with Gasteiger partial charge in [-0.15, -0.1) is 0 Å². The molecule has 1 heterocycles. The molecule has 0 radical (unpaired) electrons. The predicted octanol–water partition coefficient (Wildman–Crippen LogP) is 1.34. The van der Waals surface area contributed by atoms with Crippen molar-refractivity contribution in [2.75, 3.05) is 33.2 Å². The average molecular weight is 210 g/mol. The maximum atomic E-state index is 12.3. The standard InChI is InChI=1S/C12H22N2O/c1-12(5-3-4-6-12)11(15)14-9-7-13(2)8-10-14/h3-10H2,1-2H3. The lowest BCUT2D eigenvalue weighted by molar-refractivity contribution is -0.142. The van der Waals surface area contributed by atoms with E-state index in [-0.39, 0.29) is 5.41 Å². The second-order valence-electron chi connectivity index (χ2n) is 5.36. The van der Waals surface area contributed by atoms with Crippen molar-refractivity contribution >= 4 is 5.91 Å². The van der Waals surface area contributed by atoms with Gasteiger partial charge in [0, 0.05) is 31.6 Å². The summed E-state index contributed by atoms with van der Waals surface area (Å²) in [5.41, 5.74) is -0.0318. The molecule has 2 fully saturated rings. The van der Waals surface area contributed by atoms with Crippen LogP contribution in [0.2, 0.25) is 0 Å². The van der Waals surface area contributed by atoms with Crippen LogP contribution in [0.1, 0.15) is 32.6 Å². The fourth-order valence-corrected chi connectivity index (χ4v) is 2.76. The van der Waals surface area contributed by atoms with Crippen LogP contribution in [0.5, 0.6) is 0 Å². The number of carbonyl (C=O) groups is 1. The highest BCUT2D eigenvalue weighted by atomic mass is 16.2. The molecular weight excluding hydrogens is 188 g/mol. The van der Waals surface area contributed by atoms with Crippen LogP contribution in [0.3, 0.4) is 0 Å². The van der Waals surface area contributed by atoms with E-state index >= 15 is 0 Å². The van der Waals surface area contributed by atoms with E-state index < -0.39 is 0 Å². The maximum Gasteiger partial charge on any atom is 0.228 e. The second kappa shape index (κ2) is 4.12. The molecule has 0 aromatic carbocycles. The monoisotopic (exact) mass is 210 g/mol. The lowest BCUT2D eigenvalue weighted by Gasteiger charge is -2.37. The third kappa shape index (κ3) is 2.17. The first-order valence-corrected chi connectivity index (χ1v) is 6.10. The molecule has 3 heteroatoms. The normalized spacial score (nSPS) is 26.9. The Labute approximate surface area is 92.4 Å². The van der Waals surface area contributed by atoms with Gasteiger partial charge in [-0.3, -0.25) is 4.79 Å². The van der Waals surface area contributed by atoms with Crippen molar-refractivity contribution in [2.24, 2.45) is 5.41 Å². The number of piperazine rings is 1. The predicted molar refractivity (Wildman–Crippen MR) is 60.7 cm³/mol. The van der Waals surface area contributed by atoms with Crippen molar-refractivity contribution in [3.8, 4) is 0 Å². The van der Waals surface area contributed by atoms with Gasteiger partial charge in [0.05, 0.1) is 0 Å². The first-order chi connectivity index (χ1) is 7.12. The zero-order valence-electron chi connectivity index (χ0n) is 9.96. The van der Waals surface area contributed by atoms with Crippen molar-refractivity contribution in [3.63, 3.8) is 0 Å². The maximum absolute atomic E-state index is 12.3. The quantitative estimate of drug-likeness (QED) is 0.652. The van der Waals surface area contributed by atoms with E-state index in [2.05, 4.69) is 23.8 Å². The summed E-state index contributed by atoms with van der Waals surface area (Å²) >= 11 is 0. The number of hydrogen-bond donors (Lipinski definition) is 0. The Hall–Kier alpha value is -0.570. The van der Waals surface area contributed by atoms with Gasteiger partial charge in [-0.2, -0.15) is 0 Å². The lowest BCUT2D eigenvalue weighted by atomic mass is 9.87. The van der Waals surface area contributed by atoms with Crippen LogP contribution in [0, 0.1) is 5.41 Å². The number of amides is 1. The zero-order chi connectivity index (χ0) is 10.9. The summed E-state index contributed by atoms with van der Waals surface area (Å²) in [6.07, 6.45) is 4.66. The molecule has 0 spiro atoms. The van der Waals surface area contributed by atoms with Crippen LogP contribution in [-0.2, 0) is 4.79 Å². The minimum atomic E-state index is -0.0318. The summed E-state index contributed by atoms with van der Waals surface area (Å²) in [5, 5.41) is 0. The largest absolute Gasteiger partial charge is 0.340 e. The zero-order valence-corrected chi connectivity index (χ0v) is 9.96. The van der Waals surface area contributed by atoms with Crippen LogP contribution in [-0.4, -0.2) is 48.9 Å². The molecule has 0 bridgehead atoms. The Morgan fingerprint density at radius 2 is 1.60 bits per heavy atom. The first-order valence-electron chi connectivity index (χ1n) is 6.10. The lowest BCUT2D eigenvalue weighted by Crippen LogP contribution is -2.51. The summed E-state index contributed by atoms with van der Waals surface area (Å²) in [6.45, 7) is 6.06. The third-order valence-corrected chi connectivity index (χ3v) is 4.01. The van der Waals surface area contributed by atoms with Crippen LogP contribution in [0.15, 0.2) is 0 Å². The first kappa shape index (κ1) is 10.9. The smallest absolute Gasteiger partial charge is 0.228 e. The molecule has 0 atom stereocenters. The molecule has 1 aliphatic carbocycles. The van der Waals surface area contributed by atoms with E-state index in [0.29, 0.717) is 5.91 Å². The molecule has 0 aromatic rings. The average Bonchev–Trinajstić information content (AvgIpc) is 2.67. The van der Waals surface area contributed by atoms with E-state index in [9.17, 15) is 4.79 Å². The van der Waals surface area contributed by atoms with Gasteiger partial charge in [-0.25, -0.2) is 0 Å². The Kier molecular flexibility index (Phi) is 3.01. The van der Waals surface area contributed by atoms with Gasteiger partial charge < -0.3 is 9.80 Å². The van der Waals surface area contributed by atoms with Crippen LogP contribution in [0.4, 0.5) is 0 Å². The van der Waals surface area contributed by atoms with Gasteiger partial charge in [0.25, 0.3) is 0 Å². The molecule has 86 valence electrons. The highest BCUT2D eigenvalue weighted by molar-refractivity contribution is 5.82. The molecule has 2 aliphatic rings. The van der Waals surface area contributed by atoms with Gasteiger partial charge >= 0.3 is 0 Å². The van der Waals surface area contributed by atoms with Crippen molar-refractivity contribution < 1.29 is 4.79 Å². The highest BCUT2D eigenvalue weighted by Crippen LogP contribution is 2.39. The number of carbonyl (C=O) groups excluding carboxylic acids is 1. The minimum absolute atomic E-state index is 0.0318. The molecule has 1 aliphatic heterocycles. The van der Waals surface area contributed by atoms with E-state index in [0.717, 1.165) is 39.0 Å². The third-order valence-electron chi connectivity index (χ3n) is 4.01.